The number of halogens is 1. The molecule has 0 aliphatic rings. The number of carbonyl (C=O) groups is 2. The Morgan fingerprint density at radius 1 is 1.00 bits per heavy atom. The highest BCUT2D eigenvalue weighted by Gasteiger charge is 2.29. The van der Waals surface area contributed by atoms with E-state index in [1.165, 1.54) is 24.6 Å². The van der Waals surface area contributed by atoms with Gasteiger partial charge in [0.15, 0.2) is 6.10 Å². The molecule has 2 rings (SSSR count). The molecule has 1 atom stereocenters. The summed E-state index contributed by atoms with van der Waals surface area (Å²) in [7, 11) is 0. The van der Waals surface area contributed by atoms with Gasteiger partial charge in [0.1, 0.15) is 11.5 Å². The van der Waals surface area contributed by atoms with Crippen molar-refractivity contribution >= 4 is 23.2 Å². The maximum Gasteiger partial charge on any atom is 0.265 e. The molecule has 0 saturated carbocycles. The second kappa shape index (κ2) is 11.8. The second-order valence-corrected chi connectivity index (χ2v) is 10.5. The maximum atomic E-state index is 14.3. The molecule has 0 fully saturated rings. The average molecular weight is 501 g/mol. The Balaban J connectivity index is 2.36. The lowest BCUT2D eigenvalue weighted by molar-refractivity contribution is -0.123. The molecule has 0 aliphatic carbocycles. The van der Waals surface area contributed by atoms with Gasteiger partial charge < -0.3 is 15.2 Å². The number of aromatic hydroxyl groups is 1. The first-order valence-electron chi connectivity index (χ1n) is 12.7. The Labute approximate surface area is 214 Å². The van der Waals surface area contributed by atoms with Crippen LogP contribution in [0.4, 0.5) is 15.9 Å². The van der Waals surface area contributed by atoms with E-state index >= 15 is 0 Å². The molecular weight excluding hydrogens is 459 g/mol. The number of hydrogen-bond acceptors (Lipinski definition) is 4. The number of phenols is 1. The molecule has 0 bridgehead atoms. The van der Waals surface area contributed by atoms with Crippen molar-refractivity contribution in [3.05, 3.63) is 47.5 Å². The summed E-state index contributed by atoms with van der Waals surface area (Å²) in [6, 6.07) is 9.90. The molecule has 0 saturated heterocycles. The third-order valence-electron chi connectivity index (χ3n) is 7.11. The molecule has 2 aromatic carbocycles. The SMILES string of the molecule is CCC(=O)N(F)c1cc(O)cc(NC(=O)C(CC)Oc2ccc(C(C)(C)CC)cc2C(C)(C)CC)c1. The van der Waals surface area contributed by atoms with E-state index in [-0.39, 0.29) is 39.5 Å². The van der Waals surface area contributed by atoms with Gasteiger partial charge in [-0.05, 0) is 47.8 Å². The van der Waals surface area contributed by atoms with Crippen LogP contribution in [-0.2, 0) is 20.4 Å². The minimum Gasteiger partial charge on any atom is -0.508 e. The number of ether oxygens (including phenoxy) is 1. The molecule has 0 heterocycles. The summed E-state index contributed by atoms with van der Waals surface area (Å²) in [5, 5.41) is 12.7. The molecule has 0 spiro atoms. The lowest BCUT2D eigenvalue weighted by Crippen LogP contribution is -2.33. The van der Waals surface area contributed by atoms with Crippen molar-refractivity contribution in [2.24, 2.45) is 0 Å². The first kappa shape index (κ1) is 29.1. The lowest BCUT2D eigenvalue weighted by atomic mass is 9.76. The molecule has 36 heavy (non-hydrogen) atoms. The molecular formula is C29H41FN2O4. The van der Waals surface area contributed by atoms with Gasteiger partial charge in [-0.3, -0.25) is 9.59 Å². The highest BCUT2D eigenvalue weighted by Crippen LogP contribution is 2.39. The minimum absolute atomic E-state index is 0.00904. The zero-order valence-corrected chi connectivity index (χ0v) is 22.9. The van der Waals surface area contributed by atoms with E-state index in [2.05, 4.69) is 59.0 Å². The van der Waals surface area contributed by atoms with Crippen LogP contribution in [0.5, 0.6) is 11.5 Å². The van der Waals surface area contributed by atoms with E-state index in [0.29, 0.717) is 12.2 Å². The molecule has 0 aromatic heterocycles. The van der Waals surface area contributed by atoms with Crippen molar-refractivity contribution in [1.29, 1.82) is 0 Å². The van der Waals surface area contributed by atoms with E-state index in [9.17, 15) is 19.2 Å². The van der Waals surface area contributed by atoms with Gasteiger partial charge in [0.05, 0.1) is 5.69 Å². The van der Waals surface area contributed by atoms with Crippen molar-refractivity contribution in [3.63, 3.8) is 0 Å². The van der Waals surface area contributed by atoms with Crippen molar-refractivity contribution in [2.45, 2.75) is 98.0 Å². The van der Waals surface area contributed by atoms with Crippen LogP contribution in [0.3, 0.4) is 0 Å². The topological polar surface area (TPSA) is 78.9 Å². The van der Waals surface area contributed by atoms with Gasteiger partial charge >= 0.3 is 0 Å². The van der Waals surface area contributed by atoms with Gasteiger partial charge in [-0.15, -0.1) is 5.12 Å². The Morgan fingerprint density at radius 3 is 2.19 bits per heavy atom. The van der Waals surface area contributed by atoms with Gasteiger partial charge in [-0.2, -0.15) is 0 Å². The summed E-state index contributed by atoms with van der Waals surface area (Å²) in [6.45, 7) is 16.4. The molecule has 198 valence electrons. The molecule has 7 heteroatoms. The normalized spacial score (nSPS) is 12.7. The zero-order chi connectivity index (χ0) is 27.3. The number of nitrogens with one attached hydrogen (secondary N) is 1. The number of hydrogen-bond donors (Lipinski definition) is 2. The largest absolute Gasteiger partial charge is 0.508 e. The number of amides is 2. The van der Waals surface area contributed by atoms with Gasteiger partial charge in [0, 0.05) is 29.8 Å². The second-order valence-electron chi connectivity index (χ2n) is 10.5. The summed E-state index contributed by atoms with van der Waals surface area (Å²) in [6.07, 6.45) is 1.43. The molecule has 2 N–H and O–H groups in total. The Bertz CT molecular complexity index is 1080. The van der Waals surface area contributed by atoms with Crippen molar-refractivity contribution in [1.82, 2.24) is 0 Å². The third-order valence-corrected chi connectivity index (χ3v) is 7.11. The highest BCUT2D eigenvalue weighted by atomic mass is 19.2. The predicted octanol–water partition coefficient (Wildman–Crippen LogP) is 7.19. The molecule has 2 amide bonds. The molecule has 0 radical (unpaired) electrons. The zero-order valence-electron chi connectivity index (χ0n) is 22.9. The number of benzene rings is 2. The van der Waals surface area contributed by atoms with Crippen LogP contribution in [0.2, 0.25) is 0 Å². The van der Waals surface area contributed by atoms with Gasteiger partial charge in [-0.25, -0.2) is 0 Å². The van der Waals surface area contributed by atoms with Gasteiger partial charge in [0.2, 0.25) is 0 Å². The molecule has 0 aliphatic heterocycles. The fourth-order valence-electron chi connectivity index (χ4n) is 3.74. The van der Waals surface area contributed by atoms with Crippen molar-refractivity contribution in [2.75, 3.05) is 10.4 Å². The van der Waals surface area contributed by atoms with Crippen molar-refractivity contribution < 1.29 is 23.9 Å². The first-order valence-corrected chi connectivity index (χ1v) is 12.7. The van der Waals surface area contributed by atoms with Gasteiger partial charge in [-0.1, -0.05) is 72.0 Å². The first-order chi connectivity index (χ1) is 16.8. The fraction of sp³-hybridized carbons (Fsp3) is 0.517. The fourth-order valence-corrected chi connectivity index (χ4v) is 3.74. The van der Waals surface area contributed by atoms with E-state index in [1.54, 1.807) is 0 Å². The Morgan fingerprint density at radius 2 is 1.64 bits per heavy atom. The maximum absolute atomic E-state index is 14.3. The smallest absolute Gasteiger partial charge is 0.265 e. The number of nitrogens with zero attached hydrogens (tertiary/aromatic N) is 1. The summed E-state index contributed by atoms with van der Waals surface area (Å²) in [5.74, 6) is -0.808. The quantitative estimate of drug-likeness (QED) is 0.320. The van der Waals surface area contributed by atoms with E-state index < -0.39 is 17.9 Å². The Hall–Kier alpha value is -3.09. The third kappa shape index (κ3) is 6.77. The monoisotopic (exact) mass is 500 g/mol. The van der Waals surface area contributed by atoms with E-state index in [0.717, 1.165) is 24.5 Å². The number of phenolic OH excluding ortho intramolecular Hbond substituents is 1. The van der Waals surface area contributed by atoms with Crippen LogP contribution in [0.1, 0.15) is 92.2 Å². The average Bonchev–Trinajstić information content (AvgIpc) is 2.85. The molecule has 6 nitrogen and oxygen atoms in total. The highest BCUT2D eigenvalue weighted by molar-refractivity contribution is 5.96. The van der Waals surface area contributed by atoms with Crippen LogP contribution < -0.4 is 15.2 Å². The minimum atomic E-state index is -0.814. The molecule has 2 aromatic rings. The summed E-state index contributed by atoms with van der Waals surface area (Å²) < 4.78 is 20.6. The molecule has 1 unspecified atom stereocenters. The van der Waals surface area contributed by atoms with Crippen LogP contribution in [0, 0.1) is 0 Å². The van der Waals surface area contributed by atoms with Crippen LogP contribution in [-0.4, -0.2) is 23.0 Å². The van der Waals surface area contributed by atoms with E-state index in [4.69, 9.17) is 4.74 Å². The summed E-state index contributed by atoms with van der Waals surface area (Å²) >= 11 is 0. The predicted molar refractivity (Wildman–Crippen MR) is 143 cm³/mol. The standard InChI is InChI=1S/C29H41FN2O4/c1-9-24(27(35)31-20-16-21(18-22(33)17-20)32(30)26(34)10-2)36-25-14-13-19(28(5,6)11-3)15-23(25)29(7,8)12-4/h13-18,24,33H,9-12H2,1-8H3,(H,31,35). The van der Waals surface area contributed by atoms with Crippen LogP contribution >= 0.6 is 0 Å². The Kier molecular flexibility index (Phi) is 9.52. The summed E-state index contributed by atoms with van der Waals surface area (Å²) in [4.78, 5) is 24.9. The van der Waals surface area contributed by atoms with E-state index in [1.807, 2.05) is 13.0 Å². The van der Waals surface area contributed by atoms with Crippen molar-refractivity contribution in [3.8, 4) is 11.5 Å². The lowest BCUT2D eigenvalue weighted by Gasteiger charge is -2.31. The number of rotatable bonds is 11. The number of carbonyl (C=O) groups excluding carboxylic acids is 2. The van der Waals surface area contributed by atoms with Gasteiger partial charge in [0.25, 0.3) is 11.8 Å². The number of anilines is 2. The summed E-state index contributed by atoms with van der Waals surface area (Å²) in [5.41, 5.74) is 2.11. The van der Waals surface area contributed by atoms with Crippen LogP contribution in [0.15, 0.2) is 36.4 Å². The van der Waals surface area contributed by atoms with Crippen LogP contribution in [0.25, 0.3) is 0 Å².